The molecule has 0 spiro atoms. The lowest BCUT2D eigenvalue weighted by Gasteiger charge is -2.05. The molecule has 3 rings (SSSR count). The number of hydrogen-bond acceptors (Lipinski definition) is 2. The van der Waals surface area contributed by atoms with Crippen LogP contribution >= 0.6 is 0 Å². The number of fused-ring (bicyclic) bond motifs is 1. The summed E-state index contributed by atoms with van der Waals surface area (Å²) in [7, 11) is 0. The van der Waals surface area contributed by atoms with Crippen molar-refractivity contribution in [1.29, 1.82) is 0 Å². The van der Waals surface area contributed by atoms with Gasteiger partial charge in [-0.05, 0) is 30.5 Å². The summed E-state index contributed by atoms with van der Waals surface area (Å²) in [4.78, 5) is 11.9. The van der Waals surface area contributed by atoms with Gasteiger partial charge >= 0.3 is 5.69 Å². The monoisotopic (exact) mass is 258 g/mol. The van der Waals surface area contributed by atoms with Crippen molar-refractivity contribution in [3.05, 3.63) is 52.2 Å². The van der Waals surface area contributed by atoms with Gasteiger partial charge in [-0.3, -0.25) is 9.13 Å². The molecule has 1 aromatic carbocycles. The maximum Gasteiger partial charge on any atom is 0.328 e. The van der Waals surface area contributed by atoms with E-state index in [1.165, 1.54) is 11.1 Å². The Morgan fingerprint density at radius 1 is 1.26 bits per heavy atom. The van der Waals surface area contributed by atoms with E-state index < -0.39 is 0 Å². The number of hydrogen-bond donors (Lipinski definition) is 0. The highest BCUT2D eigenvalue weighted by atomic mass is 16.5. The average Bonchev–Trinajstić information content (AvgIpc) is 3.02. The Morgan fingerprint density at radius 2 is 2.11 bits per heavy atom. The first-order chi connectivity index (χ1) is 9.28. The second-order valence-corrected chi connectivity index (χ2v) is 4.85. The predicted molar refractivity (Wildman–Crippen MR) is 73.7 cm³/mol. The molecule has 1 aliphatic heterocycles. The molecule has 2 aromatic rings. The fourth-order valence-electron chi connectivity index (χ4n) is 2.51. The van der Waals surface area contributed by atoms with Crippen LogP contribution in [0.15, 0.2) is 35.4 Å². The molecule has 0 radical (unpaired) electrons. The second-order valence-electron chi connectivity index (χ2n) is 4.85. The molecule has 0 amide bonds. The third-order valence-corrected chi connectivity index (χ3v) is 3.65. The minimum atomic E-state index is 0.0759. The van der Waals surface area contributed by atoms with Gasteiger partial charge in [-0.2, -0.15) is 0 Å². The van der Waals surface area contributed by atoms with Crippen LogP contribution in [-0.4, -0.2) is 15.7 Å². The first kappa shape index (κ1) is 12.1. The molecular weight excluding hydrogens is 240 g/mol. The summed E-state index contributed by atoms with van der Waals surface area (Å²) in [6.07, 6.45) is 5.58. The summed E-state index contributed by atoms with van der Waals surface area (Å²) in [5, 5.41) is 0. The van der Waals surface area contributed by atoms with Crippen molar-refractivity contribution in [2.45, 2.75) is 32.9 Å². The zero-order chi connectivity index (χ0) is 13.2. The lowest BCUT2D eigenvalue weighted by molar-refractivity contribution is 0.357. The SMILES string of the molecule is CCn1ccn(CCc2ccc3c(c2)CCO3)c1=O. The largest absolute Gasteiger partial charge is 0.493 e. The third kappa shape index (κ3) is 2.30. The van der Waals surface area contributed by atoms with Crippen molar-refractivity contribution in [3.8, 4) is 5.75 Å². The van der Waals surface area contributed by atoms with Gasteiger partial charge in [0.1, 0.15) is 5.75 Å². The van der Waals surface area contributed by atoms with E-state index >= 15 is 0 Å². The summed E-state index contributed by atoms with van der Waals surface area (Å²) < 4.78 is 8.98. The van der Waals surface area contributed by atoms with Crippen LogP contribution in [0.4, 0.5) is 0 Å². The normalized spacial score (nSPS) is 13.3. The van der Waals surface area contributed by atoms with E-state index in [0.717, 1.165) is 38.3 Å². The van der Waals surface area contributed by atoms with E-state index in [9.17, 15) is 4.79 Å². The van der Waals surface area contributed by atoms with Crippen LogP contribution in [0, 0.1) is 0 Å². The fraction of sp³-hybridized carbons (Fsp3) is 0.400. The summed E-state index contributed by atoms with van der Waals surface area (Å²) >= 11 is 0. The molecule has 0 aliphatic carbocycles. The van der Waals surface area contributed by atoms with E-state index in [2.05, 4.69) is 12.1 Å². The zero-order valence-electron chi connectivity index (χ0n) is 11.1. The minimum absolute atomic E-state index is 0.0759. The van der Waals surface area contributed by atoms with Crippen LogP contribution in [0.3, 0.4) is 0 Å². The Morgan fingerprint density at radius 3 is 2.89 bits per heavy atom. The molecule has 0 fully saturated rings. The summed E-state index contributed by atoms with van der Waals surface area (Å²) in [5.74, 6) is 1.01. The summed E-state index contributed by atoms with van der Waals surface area (Å²) in [6.45, 7) is 4.22. The molecule has 19 heavy (non-hydrogen) atoms. The van der Waals surface area contributed by atoms with Gasteiger partial charge < -0.3 is 4.74 Å². The maximum atomic E-state index is 11.9. The van der Waals surface area contributed by atoms with Crippen LogP contribution in [0.2, 0.25) is 0 Å². The molecule has 4 heteroatoms. The first-order valence-electron chi connectivity index (χ1n) is 6.78. The van der Waals surface area contributed by atoms with E-state index in [-0.39, 0.29) is 5.69 Å². The second kappa shape index (κ2) is 4.96. The van der Waals surface area contributed by atoms with E-state index in [1.54, 1.807) is 9.13 Å². The summed E-state index contributed by atoms with van der Waals surface area (Å²) in [6, 6.07) is 6.33. The van der Waals surface area contributed by atoms with Crippen LogP contribution < -0.4 is 10.4 Å². The van der Waals surface area contributed by atoms with Gasteiger partial charge in [0.05, 0.1) is 6.61 Å². The van der Waals surface area contributed by atoms with Crippen molar-refractivity contribution < 1.29 is 4.74 Å². The molecular formula is C15H18N2O2. The highest BCUT2D eigenvalue weighted by Crippen LogP contribution is 2.26. The number of benzene rings is 1. The molecule has 0 bridgehead atoms. The predicted octanol–water partition coefficient (Wildman–Crippen LogP) is 1.85. The highest BCUT2D eigenvalue weighted by molar-refractivity contribution is 5.39. The van der Waals surface area contributed by atoms with Crippen molar-refractivity contribution >= 4 is 0 Å². The molecule has 0 saturated carbocycles. The lowest BCUT2D eigenvalue weighted by atomic mass is 10.1. The Hall–Kier alpha value is -1.97. The lowest BCUT2D eigenvalue weighted by Crippen LogP contribution is -2.24. The van der Waals surface area contributed by atoms with Crippen molar-refractivity contribution in [1.82, 2.24) is 9.13 Å². The van der Waals surface area contributed by atoms with Gasteiger partial charge in [-0.15, -0.1) is 0 Å². The number of ether oxygens (including phenoxy) is 1. The smallest absolute Gasteiger partial charge is 0.328 e. The van der Waals surface area contributed by atoms with Gasteiger partial charge in [0.15, 0.2) is 0 Å². The zero-order valence-corrected chi connectivity index (χ0v) is 11.1. The van der Waals surface area contributed by atoms with E-state index in [1.807, 2.05) is 25.4 Å². The third-order valence-electron chi connectivity index (χ3n) is 3.65. The van der Waals surface area contributed by atoms with Crippen LogP contribution in [0.25, 0.3) is 0 Å². The topological polar surface area (TPSA) is 36.2 Å². The molecule has 0 atom stereocenters. The number of imidazole rings is 1. The number of rotatable bonds is 4. The Kier molecular flexibility index (Phi) is 3.15. The van der Waals surface area contributed by atoms with Gasteiger partial charge in [0.2, 0.25) is 0 Å². The average molecular weight is 258 g/mol. The fourth-order valence-corrected chi connectivity index (χ4v) is 2.51. The highest BCUT2D eigenvalue weighted by Gasteiger charge is 2.12. The number of aryl methyl sites for hydroxylation is 3. The van der Waals surface area contributed by atoms with Gasteiger partial charge in [-0.1, -0.05) is 12.1 Å². The van der Waals surface area contributed by atoms with Crippen molar-refractivity contribution in [3.63, 3.8) is 0 Å². The molecule has 100 valence electrons. The first-order valence-corrected chi connectivity index (χ1v) is 6.78. The maximum absolute atomic E-state index is 11.9. The van der Waals surface area contributed by atoms with E-state index in [4.69, 9.17) is 4.74 Å². The Balaban J connectivity index is 1.72. The van der Waals surface area contributed by atoms with Crippen molar-refractivity contribution in [2.24, 2.45) is 0 Å². The number of nitrogens with zero attached hydrogens (tertiary/aromatic N) is 2. The number of aromatic nitrogens is 2. The van der Waals surface area contributed by atoms with Gasteiger partial charge in [0, 0.05) is 31.9 Å². The van der Waals surface area contributed by atoms with Crippen molar-refractivity contribution in [2.75, 3.05) is 6.61 Å². The molecule has 1 aromatic heterocycles. The molecule has 0 N–H and O–H groups in total. The van der Waals surface area contributed by atoms with Crippen LogP contribution in [0.5, 0.6) is 5.75 Å². The Bertz CT molecular complexity index is 640. The van der Waals surface area contributed by atoms with Gasteiger partial charge in [-0.25, -0.2) is 4.79 Å². The molecule has 2 heterocycles. The molecule has 4 nitrogen and oxygen atoms in total. The van der Waals surface area contributed by atoms with E-state index in [0.29, 0.717) is 0 Å². The quantitative estimate of drug-likeness (QED) is 0.839. The molecule has 1 aliphatic rings. The Labute approximate surface area is 112 Å². The van der Waals surface area contributed by atoms with Crippen LogP contribution in [-0.2, 0) is 25.9 Å². The minimum Gasteiger partial charge on any atom is -0.493 e. The standard InChI is InChI=1S/C15H18N2O2/c1-2-16-8-9-17(15(16)18)7-5-12-3-4-14-13(11-12)6-10-19-14/h3-4,8-9,11H,2,5-7,10H2,1H3. The molecule has 0 saturated heterocycles. The van der Waals surface area contributed by atoms with Crippen LogP contribution in [0.1, 0.15) is 18.1 Å². The molecule has 0 unspecified atom stereocenters. The van der Waals surface area contributed by atoms with Gasteiger partial charge in [0.25, 0.3) is 0 Å². The summed E-state index contributed by atoms with van der Waals surface area (Å²) in [5.41, 5.74) is 2.63.